The summed E-state index contributed by atoms with van der Waals surface area (Å²) in [5, 5.41) is 0. The lowest BCUT2D eigenvalue weighted by Gasteiger charge is -2.35. The van der Waals surface area contributed by atoms with Crippen LogP contribution in [-0.2, 0) is 11.2 Å². The highest BCUT2D eigenvalue weighted by molar-refractivity contribution is 5.96. The van der Waals surface area contributed by atoms with Crippen LogP contribution in [0.25, 0.3) is 0 Å². The molecular weight excluding hydrogens is 292 g/mol. The maximum atomic E-state index is 12.8. The molecule has 0 atom stereocenters. The SMILES string of the molecule is COc1cc2c(cc1N)CCCN2C(=O)CN1CCN(C)CC1. The highest BCUT2D eigenvalue weighted by Gasteiger charge is 2.26. The van der Waals surface area contributed by atoms with E-state index < -0.39 is 0 Å². The number of hydrogen-bond donors (Lipinski definition) is 1. The van der Waals surface area contributed by atoms with Crippen LogP contribution in [0, 0.1) is 0 Å². The Labute approximate surface area is 137 Å². The first-order valence-corrected chi connectivity index (χ1v) is 8.26. The summed E-state index contributed by atoms with van der Waals surface area (Å²) >= 11 is 0. The van der Waals surface area contributed by atoms with Gasteiger partial charge in [-0.3, -0.25) is 9.69 Å². The number of aryl methyl sites for hydroxylation is 1. The lowest BCUT2D eigenvalue weighted by Crippen LogP contribution is -2.49. The number of hydrogen-bond acceptors (Lipinski definition) is 5. The Balaban J connectivity index is 1.75. The normalized spacial score (nSPS) is 19.5. The molecule has 1 amide bonds. The van der Waals surface area contributed by atoms with E-state index >= 15 is 0 Å². The zero-order chi connectivity index (χ0) is 16.4. The van der Waals surface area contributed by atoms with E-state index in [1.54, 1.807) is 7.11 Å². The van der Waals surface area contributed by atoms with E-state index in [-0.39, 0.29) is 5.91 Å². The van der Waals surface area contributed by atoms with Gasteiger partial charge in [0.1, 0.15) is 5.75 Å². The zero-order valence-corrected chi connectivity index (χ0v) is 14.0. The monoisotopic (exact) mass is 318 g/mol. The molecule has 2 N–H and O–H groups in total. The van der Waals surface area contributed by atoms with E-state index in [2.05, 4.69) is 16.8 Å². The minimum Gasteiger partial charge on any atom is -0.495 e. The number of likely N-dealkylation sites (N-methyl/N-ethyl adjacent to an activating group) is 1. The topological polar surface area (TPSA) is 62.0 Å². The molecule has 0 bridgehead atoms. The number of nitrogens with two attached hydrogens (primary N) is 1. The molecule has 23 heavy (non-hydrogen) atoms. The molecule has 0 spiro atoms. The molecule has 0 aliphatic carbocycles. The van der Waals surface area contributed by atoms with E-state index in [4.69, 9.17) is 10.5 Å². The van der Waals surface area contributed by atoms with Gasteiger partial charge in [-0.05, 0) is 31.5 Å². The van der Waals surface area contributed by atoms with Crippen LogP contribution < -0.4 is 15.4 Å². The molecule has 0 unspecified atom stereocenters. The smallest absolute Gasteiger partial charge is 0.241 e. The number of piperazine rings is 1. The maximum absolute atomic E-state index is 12.8. The van der Waals surface area contributed by atoms with E-state index in [9.17, 15) is 4.79 Å². The molecule has 6 heteroatoms. The van der Waals surface area contributed by atoms with E-state index in [1.807, 2.05) is 17.0 Å². The van der Waals surface area contributed by atoms with Crippen LogP contribution >= 0.6 is 0 Å². The molecule has 0 radical (unpaired) electrons. The van der Waals surface area contributed by atoms with Gasteiger partial charge in [0.25, 0.3) is 0 Å². The third kappa shape index (κ3) is 3.43. The number of carbonyl (C=O) groups is 1. The quantitative estimate of drug-likeness (QED) is 0.836. The molecule has 0 aromatic heterocycles. The first kappa shape index (κ1) is 16.1. The number of nitrogen functional groups attached to an aromatic ring is 1. The Kier molecular flexibility index (Phi) is 4.73. The Morgan fingerprint density at radius 2 is 1.96 bits per heavy atom. The lowest BCUT2D eigenvalue weighted by molar-refractivity contribution is -0.120. The van der Waals surface area contributed by atoms with Crippen molar-refractivity contribution >= 4 is 17.3 Å². The lowest BCUT2D eigenvalue weighted by atomic mass is 10.0. The van der Waals surface area contributed by atoms with Crippen molar-refractivity contribution in [1.82, 2.24) is 9.80 Å². The number of carbonyl (C=O) groups excluding carboxylic acids is 1. The predicted molar refractivity (Wildman–Crippen MR) is 92.0 cm³/mol. The van der Waals surface area contributed by atoms with Crippen LogP contribution in [0.4, 0.5) is 11.4 Å². The number of nitrogens with zero attached hydrogens (tertiary/aromatic N) is 3. The summed E-state index contributed by atoms with van der Waals surface area (Å²) in [6, 6.07) is 3.86. The molecule has 0 saturated carbocycles. The van der Waals surface area contributed by atoms with Gasteiger partial charge in [-0.2, -0.15) is 0 Å². The Hall–Kier alpha value is -1.79. The summed E-state index contributed by atoms with van der Waals surface area (Å²) in [4.78, 5) is 19.2. The highest BCUT2D eigenvalue weighted by Crippen LogP contribution is 2.35. The van der Waals surface area contributed by atoms with Crippen molar-refractivity contribution in [3.05, 3.63) is 17.7 Å². The van der Waals surface area contributed by atoms with Gasteiger partial charge in [-0.25, -0.2) is 0 Å². The summed E-state index contributed by atoms with van der Waals surface area (Å²) < 4.78 is 5.32. The van der Waals surface area contributed by atoms with Crippen molar-refractivity contribution in [2.24, 2.45) is 0 Å². The fourth-order valence-electron chi connectivity index (χ4n) is 3.35. The molecule has 1 aromatic rings. The fourth-order valence-corrected chi connectivity index (χ4v) is 3.35. The van der Waals surface area contributed by atoms with Gasteiger partial charge >= 0.3 is 0 Å². The van der Waals surface area contributed by atoms with Crippen molar-refractivity contribution in [2.45, 2.75) is 12.8 Å². The average molecular weight is 318 g/mol. The molecular formula is C17H26N4O2. The number of anilines is 2. The first-order valence-electron chi connectivity index (χ1n) is 8.26. The van der Waals surface area contributed by atoms with Crippen molar-refractivity contribution < 1.29 is 9.53 Å². The maximum Gasteiger partial charge on any atom is 0.241 e. The molecule has 1 saturated heterocycles. The number of methoxy groups -OCH3 is 1. The Morgan fingerprint density at radius 3 is 2.65 bits per heavy atom. The number of fused-ring (bicyclic) bond motifs is 1. The number of benzene rings is 1. The van der Waals surface area contributed by atoms with Crippen LogP contribution in [0.5, 0.6) is 5.75 Å². The van der Waals surface area contributed by atoms with Gasteiger partial charge < -0.3 is 20.3 Å². The highest BCUT2D eigenvalue weighted by atomic mass is 16.5. The molecule has 2 aliphatic rings. The fraction of sp³-hybridized carbons (Fsp3) is 0.588. The predicted octanol–water partition coefficient (Wildman–Crippen LogP) is 0.804. The van der Waals surface area contributed by atoms with Crippen LogP contribution in [0.3, 0.4) is 0 Å². The van der Waals surface area contributed by atoms with Crippen molar-refractivity contribution in [3.8, 4) is 5.75 Å². The van der Waals surface area contributed by atoms with Gasteiger partial charge in [0.05, 0.1) is 25.0 Å². The number of amides is 1. The van der Waals surface area contributed by atoms with E-state index in [1.165, 1.54) is 0 Å². The van der Waals surface area contributed by atoms with Crippen LogP contribution in [0.15, 0.2) is 12.1 Å². The number of rotatable bonds is 3. The average Bonchev–Trinajstić information content (AvgIpc) is 2.55. The van der Waals surface area contributed by atoms with Crippen molar-refractivity contribution in [2.75, 3.05) is 64.1 Å². The molecule has 6 nitrogen and oxygen atoms in total. The molecule has 2 heterocycles. The van der Waals surface area contributed by atoms with Gasteiger partial charge in [-0.15, -0.1) is 0 Å². The summed E-state index contributed by atoms with van der Waals surface area (Å²) in [6.07, 6.45) is 1.94. The Bertz CT molecular complexity index is 582. The third-order valence-electron chi connectivity index (χ3n) is 4.81. The summed E-state index contributed by atoms with van der Waals surface area (Å²) in [7, 11) is 3.73. The van der Waals surface area contributed by atoms with Gasteiger partial charge in [-0.1, -0.05) is 0 Å². The third-order valence-corrected chi connectivity index (χ3v) is 4.81. The first-order chi connectivity index (χ1) is 11.1. The molecule has 2 aliphatic heterocycles. The summed E-state index contributed by atoms with van der Waals surface area (Å²) in [6.45, 7) is 5.21. The van der Waals surface area contributed by atoms with Crippen molar-refractivity contribution in [3.63, 3.8) is 0 Å². The van der Waals surface area contributed by atoms with Crippen LogP contribution in [0.1, 0.15) is 12.0 Å². The van der Waals surface area contributed by atoms with E-state index in [0.717, 1.165) is 56.8 Å². The molecule has 126 valence electrons. The van der Waals surface area contributed by atoms with Crippen LogP contribution in [-0.4, -0.2) is 69.1 Å². The van der Waals surface area contributed by atoms with Gasteiger partial charge in [0, 0.05) is 38.8 Å². The zero-order valence-electron chi connectivity index (χ0n) is 14.0. The summed E-state index contributed by atoms with van der Waals surface area (Å²) in [5.74, 6) is 0.811. The van der Waals surface area contributed by atoms with E-state index in [0.29, 0.717) is 18.0 Å². The van der Waals surface area contributed by atoms with Crippen LogP contribution in [0.2, 0.25) is 0 Å². The standard InChI is InChI=1S/C17H26N4O2/c1-19-6-8-20(9-7-19)12-17(22)21-5-3-4-13-10-14(18)16(23-2)11-15(13)21/h10-11H,3-9,12,18H2,1-2H3. The second-order valence-electron chi connectivity index (χ2n) is 6.45. The molecule has 3 rings (SSSR count). The second-order valence-corrected chi connectivity index (χ2v) is 6.45. The van der Waals surface area contributed by atoms with Crippen molar-refractivity contribution in [1.29, 1.82) is 0 Å². The van der Waals surface area contributed by atoms with Gasteiger partial charge in [0.2, 0.25) is 5.91 Å². The molecule has 1 aromatic carbocycles. The minimum atomic E-state index is 0.169. The second kappa shape index (κ2) is 6.76. The summed E-state index contributed by atoms with van der Waals surface area (Å²) in [5.41, 5.74) is 8.74. The Morgan fingerprint density at radius 1 is 1.22 bits per heavy atom. The number of ether oxygens (including phenoxy) is 1. The molecule has 1 fully saturated rings. The largest absolute Gasteiger partial charge is 0.495 e. The van der Waals surface area contributed by atoms with Gasteiger partial charge in [0.15, 0.2) is 0 Å². The minimum absolute atomic E-state index is 0.169.